The van der Waals surface area contributed by atoms with Gasteiger partial charge in [0.1, 0.15) is 6.54 Å². The highest BCUT2D eigenvalue weighted by molar-refractivity contribution is 7.92. The smallest absolute Gasteiger partial charge is 0.264 e. The molecule has 4 rings (SSSR count). The molecule has 3 aromatic carbocycles. The first-order chi connectivity index (χ1) is 16.2. The summed E-state index contributed by atoms with van der Waals surface area (Å²) in [4.78, 5) is 15.4. The molecule has 0 saturated carbocycles. The molecule has 0 unspecified atom stereocenters. The Kier molecular flexibility index (Phi) is 7.14. The molecule has 34 heavy (non-hydrogen) atoms. The lowest BCUT2D eigenvalue weighted by atomic mass is 10.2. The first kappa shape index (κ1) is 24.1. The van der Waals surface area contributed by atoms with E-state index in [9.17, 15) is 13.2 Å². The van der Waals surface area contributed by atoms with Crippen molar-refractivity contribution in [3.05, 3.63) is 82.9 Å². The maximum atomic E-state index is 13.5. The van der Waals surface area contributed by atoms with E-state index in [1.807, 2.05) is 38.1 Å². The minimum absolute atomic E-state index is 0.109. The number of amides is 1. The van der Waals surface area contributed by atoms with E-state index in [0.29, 0.717) is 16.4 Å². The topological polar surface area (TPSA) is 69.7 Å². The number of halogens is 1. The lowest BCUT2D eigenvalue weighted by Crippen LogP contribution is -2.38. The molecule has 3 aromatic rings. The second-order valence-electron chi connectivity index (χ2n) is 8.55. The monoisotopic (exact) mass is 497 g/mol. The Hall–Kier alpha value is -3.03. The summed E-state index contributed by atoms with van der Waals surface area (Å²) in [5.41, 5.74) is 3.83. The zero-order valence-corrected chi connectivity index (χ0v) is 20.9. The third-order valence-corrected chi connectivity index (χ3v) is 8.16. The number of hydrogen-bond donors (Lipinski definition) is 1. The van der Waals surface area contributed by atoms with Crippen molar-refractivity contribution in [3.8, 4) is 0 Å². The molecule has 0 spiro atoms. The molecule has 0 bridgehead atoms. The lowest BCUT2D eigenvalue weighted by molar-refractivity contribution is -0.114. The Morgan fingerprint density at radius 2 is 1.62 bits per heavy atom. The van der Waals surface area contributed by atoms with Crippen LogP contribution in [0.3, 0.4) is 0 Å². The van der Waals surface area contributed by atoms with Crippen LogP contribution in [-0.4, -0.2) is 34.0 Å². The Morgan fingerprint density at radius 1 is 0.971 bits per heavy atom. The van der Waals surface area contributed by atoms with E-state index in [1.165, 1.54) is 12.8 Å². The lowest BCUT2D eigenvalue weighted by Gasteiger charge is -2.25. The molecular formula is C26H28ClN3O3S. The predicted molar refractivity (Wildman–Crippen MR) is 138 cm³/mol. The molecule has 0 radical (unpaired) electrons. The zero-order valence-electron chi connectivity index (χ0n) is 19.3. The Morgan fingerprint density at radius 3 is 2.24 bits per heavy atom. The van der Waals surface area contributed by atoms with Gasteiger partial charge in [-0.3, -0.25) is 9.10 Å². The van der Waals surface area contributed by atoms with Gasteiger partial charge in [0, 0.05) is 29.5 Å². The number of carbonyl (C=O) groups is 1. The van der Waals surface area contributed by atoms with Gasteiger partial charge in [0.25, 0.3) is 10.0 Å². The van der Waals surface area contributed by atoms with Crippen molar-refractivity contribution in [2.45, 2.75) is 31.6 Å². The van der Waals surface area contributed by atoms with E-state index in [1.54, 1.807) is 42.5 Å². The van der Waals surface area contributed by atoms with Crippen molar-refractivity contribution >= 4 is 44.6 Å². The minimum Gasteiger partial charge on any atom is -0.372 e. The largest absolute Gasteiger partial charge is 0.372 e. The maximum absolute atomic E-state index is 13.5. The van der Waals surface area contributed by atoms with Crippen LogP contribution < -0.4 is 14.5 Å². The van der Waals surface area contributed by atoms with Crippen LogP contribution in [0, 0.1) is 13.8 Å². The summed E-state index contributed by atoms with van der Waals surface area (Å²) in [5.74, 6) is -0.443. The highest BCUT2D eigenvalue weighted by atomic mass is 35.5. The molecule has 1 aliphatic heterocycles. The van der Waals surface area contributed by atoms with Crippen LogP contribution in [0.25, 0.3) is 0 Å². The number of nitrogens with zero attached hydrogens (tertiary/aromatic N) is 2. The van der Waals surface area contributed by atoms with Crippen molar-refractivity contribution in [1.29, 1.82) is 0 Å². The van der Waals surface area contributed by atoms with Gasteiger partial charge in [-0.2, -0.15) is 0 Å². The number of sulfonamides is 1. The molecule has 1 heterocycles. The maximum Gasteiger partial charge on any atom is 0.264 e. The van der Waals surface area contributed by atoms with Gasteiger partial charge in [-0.1, -0.05) is 35.4 Å². The zero-order chi connectivity index (χ0) is 24.3. The van der Waals surface area contributed by atoms with Crippen molar-refractivity contribution in [2.24, 2.45) is 0 Å². The van der Waals surface area contributed by atoms with Crippen molar-refractivity contribution in [1.82, 2.24) is 0 Å². The molecule has 1 saturated heterocycles. The van der Waals surface area contributed by atoms with Crippen LogP contribution in [0.1, 0.15) is 24.0 Å². The summed E-state index contributed by atoms with van der Waals surface area (Å²) in [7, 11) is -4.00. The second-order valence-corrected chi connectivity index (χ2v) is 10.8. The Bertz CT molecular complexity index is 1270. The van der Waals surface area contributed by atoms with E-state index in [0.717, 1.165) is 34.2 Å². The quantitative estimate of drug-likeness (QED) is 0.475. The third-order valence-electron chi connectivity index (χ3n) is 5.96. The molecule has 0 aromatic heterocycles. The fourth-order valence-electron chi connectivity index (χ4n) is 3.95. The number of benzene rings is 3. The van der Waals surface area contributed by atoms with E-state index in [4.69, 9.17) is 11.6 Å². The van der Waals surface area contributed by atoms with Gasteiger partial charge in [0.2, 0.25) is 5.91 Å². The second kappa shape index (κ2) is 10.1. The summed E-state index contributed by atoms with van der Waals surface area (Å²) in [6.07, 6.45) is 2.37. The van der Waals surface area contributed by atoms with E-state index in [2.05, 4.69) is 10.2 Å². The molecule has 1 N–H and O–H groups in total. The molecule has 6 nitrogen and oxygen atoms in total. The van der Waals surface area contributed by atoms with Gasteiger partial charge in [0.05, 0.1) is 10.6 Å². The number of anilines is 3. The van der Waals surface area contributed by atoms with Gasteiger partial charge in [-0.05, 0) is 80.8 Å². The normalized spacial score (nSPS) is 13.7. The van der Waals surface area contributed by atoms with E-state index in [-0.39, 0.29) is 11.4 Å². The van der Waals surface area contributed by atoms with Crippen LogP contribution in [0.15, 0.2) is 71.6 Å². The molecule has 1 fully saturated rings. The van der Waals surface area contributed by atoms with E-state index < -0.39 is 15.9 Å². The van der Waals surface area contributed by atoms with Gasteiger partial charge < -0.3 is 10.2 Å². The first-order valence-electron chi connectivity index (χ1n) is 11.2. The van der Waals surface area contributed by atoms with Crippen molar-refractivity contribution < 1.29 is 13.2 Å². The van der Waals surface area contributed by atoms with Gasteiger partial charge in [0.15, 0.2) is 0 Å². The highest BCUT2D eigenvalue weighted by Crippen LogP contribution is 2.28. The molecule has 0 atom stereocenters. The van der Waals surface area contributed by atoms with Crippen LogP contribution in [-0.2, 0) is 14.8 Å². The molecule has 178 valence electrons. The average Bonchev–Trinajstić information content (AvgIpc) is 3.35. The summed E-state index contributed by atoms with van der Waals surface area (Å²) in [5, 5.41) is 3.25. The standard InChI is InChI=1S/C26H28ClN3O3S/c1-19-5-13-24(14-6-19)34(32,33)30(23-10-7-20(2)25(27)17-23)18-26(31)28-21-8-11-22(12-9-21)29-15-3-4-16-29/h5-14,17H,3-4,15-16,18H2,1-2H3,(H,28,31). The summed E-state index contributed by atoms with van der Waals surface area (Å²) in [6, 6.07) is 19.1. The molecule has 8 heteroatoms. The first-order valence-corrected chi connectivity index (χ1v) is 13.1. The van der Waals surface area contributed by atoms with Gasteiger partial charge in [-0.15, -0.1) is 0 Å². The fourth-order valence-corrected chi connectivity index (χ4v) is 5.54. The van der Waals surface area contributed by atoms with Gasteiger partial charge >= 0.3 is 0 Å². The predicted octanol–water partition coefficient (Wildman–Crippen LogP) is 5.39. The number of aryl methyl sites for hydroxylation is 2. The highest BCUT2D eigenvalue weighted by Gasteiger charge is 2.27. The third kappa shape index (κ3) is 5.37. The van der Waals surface area contributed by atoms with Crippen LogP contribution in [0.5, 0.6) is 0 Å². The van der Waals surface area contributed by atoms with Crippen LogP contribution in [0.2, 0.25) is 5.02 Å². The van der Waals surface area contributed by atoms with Crippen molar-refractivity contribution in [2.75, 3.05) is 34.2 Å². The summed E-state index contributed by atoms with van der Waals surface area (Å²) < 4.78 is 28.1. The molecule has 1 amide bonds. The van der Waals surface area contributed by atoms with Crippen molar-refractivity contribution in [3.63, 3.8) is 0 Å². The number of rotatable bonds is 7. The molecule has 1 aliphatic rings. The summed E-state index contributed by atoms with van der Waals surface area (Å²) >= 11 is 6.28. The van der Waals surface area contributed by atoms with Crippen LogP contribution >= 0.6 is 11.6 Å². The van der Waals surface area contributed by atoms with Crippen LogP contribution in [0.4, 0.5) is 17.1 Å². The average molecular weight is 498 g/mol. The Labute approximate surface area is 206 Å². The number of carbonyl (C=O) groups excluding carboxylic acids is 1. The fraction of sp³-hybridized carbons (Fsp3) is 0.269. The molecular weight excluding hydrogens is 470 g/mol. The van der Waals surface area contributed by atoms with Gasteiger partial charge in [-0.25, -0.2) is 8.42 Å². The molecule has 0 aliphatic carbocycles. The number of hydrogen-bond acceptors (Lipinski definition) is 4. The number of nitrogens with one attached hydrogen (secondary N) is 1. The minimum atomic E-state index is -4.00. The summed E-state index contributed by atoms with van der Waals surface area (Å²) in [6.45, 7) is 5.41. The Balaban J connectivity index is 1.58. The SMILES string of the molecule is Cc1ccc(S(=O)(=O)N(CC(=O)Nc2ccc(N3CCCC3)cc2)c2ccc(C)c(Cl)c2)cc1. The van der Waals surface area contributed by atoms with E-state index >= 15 is 0 Å².